The minimum absolute atomic E-state index is 0.164. The minimum atomic E-state index is -0.473. The number of methoxy groups -OCH3 is 2. The Bertz CT molecular complexity index is 562. The average molecular weight is 237 g/mol. The molecule has 0 saturated carbocycles. The van der Waals surface area contributed by atoms with Crippen LogP contribution in [0.3, 0.4) is 0 Å². The van der Waals surface area contributed by atoms with E-state index in [-0.39, 0.29) is 12.5 Å². The van der Waals surface area contributed by atoms with Crippen LogP contribution in [0.15, 0.2) is 24.3 Å². The van der Waals surface area contributed by atoms with E-state index in [2.05, 4.69) is 4.74 Å². The van der Waals surface area contributed by atoms with Crippen molar-refractivity contribution in [3.05, 3.63) is 35.8 Å². The van der Waals surface area contributed by atoms with Crippen LogP contribution < -0.4 is 0 Å². The van der Waals surface area contributed by atoms with E-state index < -0.39 is 5.97 Å². The minimum Gasteiger partial charge on any atom is -0.464 e. The van der Waals surface area contributed by atoms with Gasteiger partial charge in [0.15, 0.2) is 0 Å². The van der Waals surface area contributed by atoms with Gasteiger partial charge in [-0.2, -0.15) is 0 Å². The molecule has 0 aliphatic carbocycles. The van der Waals surface area contributed by atoms with E-state index in [4.69, 9.17) is 4.74 Å². The van der Waals surface area contributed by atoms with Crippen molar-refractivity contribution >= 4 is 16.9 Å². The zero-order valence-electron chi connectivity index (χ0n) is 9.57. The fourth-order valence-corrected chi connectivity index (χ4v) is 1.77. The van der Waals surface area contributed by atoms with Crippen molar-refractivity contribution in [3.63, 3.8) is 0 Å². The molecule has 17 heavy (non-hydrogen) atoms. The molecule has 1 aromatic carbocycles. The molecule has 90 valence electrons. The lowest BCUT2D eigenvalue weighted by atomic mass is 10.2. The van der Waals surface area contributed by atoms with Crippen LogP contribution in [0.25, 0.3) is 10.9 Å². The number of ether oxygens (including phenoxy) is 2. The Kier molecular flexibility index (Phi) is 3.10. The molecule has 0 atom stereocenters. The molecule has 0 saturated heterocycles. The molecule has 0 N–H and O–H groups in total. The molecule has 0 bridgehead atoms. The highest BCUT2D eigenvalue weighted by atomic mass is 19.1. The molecule has 0 aliphatic rings. The molecule has 2 aromatic rings. The zero-order chi connectivity index (χ0) is 12.4. The van der Waals surface area contributed by atoms with Crippen molar-refractivity contribution in [2.24, 2.45) is 0 Å². The summed E-state index contributed by atoms with van der Waals surface area (Å²) in [7, 11) is 2.81. The van der Waals surface area contributed by atoms with Gasteiger partial charge in [0.25, 0.3) is 0 Å². The summed E-state index contributed by atoms with van der Waals surface area (Å²) in [5.74, 6) is -0.831. The highest BCUT2D eigenvalue weighted by Crippen LogP contribution is 2.21. The van der Waals surface area contributed by atoms with Crippen molar-refractivity contribution in [2.75, 3.05) is 14.2 Å². The Hall–Kier alpha value is -1.88. The number of fused-ring (bicyclic) bond motifs is 1. The van der Waals surface area contributed by atoms with Crippen molar-refractivity contribution in [1.82, 2.24) is 4.57 Å². The van der Waals surface area contributed by atoms with Crippen molar-refractivity contribution in [1.29, 1.82) is 0 Å². The van der Waals surface area contributed by atoms with Crippen LogP contribution in [0, 0.1) is 5.82 Å². The van der Waals surface area contributed by atoms with E-state index in [1.165, 1.54) is 26.4 Å². The van der Waals surface area contributed by atoms with Gasteiger partial charge in [-0.1, -0.05) is 0 Å². The number of carbonyl (C=O) groups is 1. The molecule has 0 amide bonds. The normalized spacial score (nSPS) is 10.8. The monoisotopic (exact) mass is 237 g/mol. The van der Waals surface area contributed by atoms with Gasteiger partial charge in [0, 0.05) is 12.5 Å². The molecular weight excluding hydrogens is 225 g/mol. The maximum absolute atomic E-state index is 13.2. The summed E-state index contributed by atoms with van der Waals surface area (Å²) in [5, 5.41) is 0.767. The first-order chi connectivity index (χ1) is 8.17. The number of halogens is 1. The predicted octanol–water partition coefficient (Wildman–Crippen LogP) is 2.17. The van der Waals surface area contributed by atoms with Crippen LogP contribution in [0.4, 0.5) is 4.39 Å². The van der Waals surface area contributed by atoms with Gasteiger partial charge in [0.05, 0.1) is 12.6 Å². The van der Waals surface area contributed by atoms with Gasteiger partial charge in [-0.3, -0.25) is 0 Å². The lowest BCUT2D eigenvalue weighted by Crippen LogP contribution is -2.11. The van der Waals surface area contributed by atoms with E-state index in [0.29, 0.717) is 11.2 Å². The van der Waals surface area contributed by atoms with Crippen LogP contribution in [-0.2, 0) is 16.2 Å². The fraction of sp³-hybridized carbons (Fsp3) is 0.250. The third kappa shape index (κ3) is 2.01. The Morgan fingerprint density at radius 2 is 2.12 bits per heavy atom. The van der Waals surface area contributed by atoms with E-state index in [1.807, 2.05) is 0 Å². The first kappa shape index (κ1) is 11.6. The second kappa shape index (κ2) is 4.55. The molecule has 1 heterocycles. The number of nitrogens with zero attached hydrogens (tertiary/aromatic N) is 1. The van der Waals surface area contributed by atoms with E-state index >= 15 is 0 Å². The average Bonchev–Trinajstić information content (AvgIpc) is 2.67. The standard InChI is InChI=1S/C12H12FNO3/c1-16-7-14-10-6-9(13)4-3-8(10)5-11(14)12(15)17-2/h3-6H,7H2,1-2H3. The van der Waals surface area contributed by atoms with Crippen LogP contribution in [0.1, 0.15) is 10.5 Å². The van der Waals surface area contributed by atoms with E-state index in [1.54, 1.807) is 16.7 Å². The number of carbonyl (C=O) groups excluding carboxylic acids is 1. The molecule has 0 unspecified atom stereocenters. The molecule has 0 aliphatic heterocycles. The third-order valence-corrected chi connectivity index (χ3v) is 2.52. The second-order valence-corrected chi connectivity index (χ2v) is 3.57. The summed E-state index contributed by atoms with van der Waals surface area (Å²) in [5.41, 5.74) is 0.946. The number of aromatic nitrogens is 1. The quantitative estimate of drug-likeness (QED) is 0.768. The van der Waals surface area contributed by atoms with Gasteiger partial charge in [-0.25, -0.2) is 9.18 Å². The highest BCUT2D eigenvalue weighted by molar-refractivity contribution is 5.95. The number of esters is 1. The molecule has 0 fully saturated rings. The summed E-state index contributed by atoms with van der Waals surface area (Å²) in [6.07, 6.45) is 0. The summed E-state index contributed by atoms with van der Waals surface area (Å²) in [4.78, 5) is 11.6. The molecule has 2 rings (SSSR count). The van der Waals surface area contributed by atoms with Gasteiger partial charge < -0.3 is 14.0 Å². The summed E-state index contributed by atoms with van der Waals surface area (Å²) in [6.45, 7) is 0.164. The Labute approximate surface area is 97.5 Å². The summed E-state index contributed by atoms with van der Waals surface area (Å²) < 4.78 is 24.4. The molecule has 0 radical (unpaired) electrons. The van der Waals surface area contributed by atoms with Crippen LogP contribution in [0.5, 0.6) is 0 Å². The SMILES string of the molecule is COCn1c(C(=O)OC)cc2ccc(F)cc21. The van der Waals surface area contributed by atoms with Crippen LogP contribution in [-0.4, -0.2) is 24.8 Å². The lowest BCUT2D eigenvalue weighted by molar-refractivity contribution is 0.0569. The maximum Gasteiger partial charge on any atom is 0.354 e. The molecule has 4 nitrogen and oxygen atoms in total. The predicted molar refractivity (Wildman–Crippen MR) is 60.2 cm³/mol. The zero-order valence-corrected chi connectivity index (χ0v) is 9.57. The number of rotatable bonds is 3. The molecular formula is C12H12FNO3. The van der Waals surface area contributed by atoms with Crippen molar-refractivity contribution in [2.45, 2.75) is 6.73 Å². The van der Waals surface area contributed by atoms with E-state index in [0.717, 1.165) is 5.39 Å². The summed E-state index contributed by atoms with van der Waals surface area (Å²) in [6, 6.07) is 5.98. The van der Waals surface area contributed by atoms with E-state index in [9.17, 15) is 9.18 Å². The Morgan fingerprint density at radius 3 is 2.76 bits per heavy atom. The van der Waals surface area contributed by atoms with Gasteiger partial charge in [0.2, 0.25) is 0 Å². The molecule has 1 aromatic heterocycles. The highest BCUT2D eigenvalue weighted by Gasteiger charge is 2.16. The Morgan fingerprint density at radius 1 is 1.35 bits per heavy atom. The Balaban J connectivity index is 2.66. The smallest absolute Gasteiger partial charge is 0.354 e. The maximum atomic E-state index is 13.2. The number of hydrogen-bond donors (Lipinski definition) is 0. The molecule has 0 spiro atoms. The summed E-state index contributed by atoms with van der Waals surface area (Å²) >= 11 is 0. The van der Waals surface area contributed by atoms with Crippen molar-refractivity contribution < 1.29 is 18.7 Å². The second-order valence-electron chi connectivity index (χ2n) is 3.57. The van der Waals surface area contributed by atoms with Crippen LogP contribution in [0.2, 0.25) is 0 Å². The fourth-order valence-electron chi connectivity index (χ4n) is 1.77. The number of hydrogen-bond acceptors (Lipinski definition) is 3. The first-order valence-electron chi connectivity index (χ1n) is 5.03. The largest absolute Gasteiger partial charge is 0.464 e. The molecule has 5 heteroatoms. The van der Waals surface area contributed by atoms with Gasteiger partial charge in [0.1, 0.15) is 18.2 Å². The van der Waals surface area contributed by atoms with Gasteiger partial charge >= 0.3 is 5.97 Å². The topological polar surface area (TPSA) is 40.5 Å². The van der Waals surface area contributed by atoms with Crippen molar-refractivity contribution in [3.8, 4) is 0 Å². The van der Waals surface area contributed by atoms with Gasteiger partial charge in [-0.15, -0.1) is 0 Å². The lowest BCUT2D eigenvalue weighted by Gasteiger charge is -2.07. The van der Waals surface area contributed by atoms with Crippen LogP contribution >= 0.6 is 0 Å². The first-order valence-corrected chi connectivity index (χ1v) is 5.03. The third-order valence-electron chi connectivity index (χ3n) is 2.52. The number of benzene rings is 1. The van der Waals surface area contributed by atoms with Gasteiger partial charge in [-0.05, 0) is 24.3 Å².